The number of ketones is 1. The van der Waals surface area contributed by atoms with Crippen LogP contribution in [0.1, 0.15) is 24.5 Å². The minimum absolute atomic E-state index is 0.151. The molecule has 1 atom stereocenters. The van der Waals surface area contributed by atoms with Crippen molar-refractivity contribution >= 4 is 34.3 Å². The lowest BCUT2D eigenvalue weighted by molar-refractivity contribution is -0.139. The van der Waals surface area contributed by atoms with Crippen molar-refractivity contribution in [1.82, 2.24) is 0 Å². The summed E-state index contributed by atoms with van der Waals surface area (Å²) in [5.74, 6) is -1.50. The molecule has 2 N–H and O–H groups in total. The van der Waals surface area contributed by atoms with Crippen LogP contribution < -0.4 is 0 Å². The second kappa shape index (κ2) is 5.95. The van der Waals surface area contributed by atoms with Gasteiger partial charge in [0, 0.05) is 15.6 Å². The number of aliphatic hydroxyl groups excluding tert-OH is 1. The van der Waals surface area contributed by atoms with E-state index in [9.17, 15) is 14.7 Å². The maximum absolute atomic E-state index is 11.5. The molecule has 0 bridgehead atoms. The van der Waals surface area contributed by atoms with E-state index in [0.29, 0.717) is 5.56 Å². The number of halogens is 1. The van der Waals surface area contributed by atoms with E-state index in [2.05, 4.69) is 0 Å². The van der Waals surface area contributed by atoms with E-state index in [1.165, 1.54) is 0 Å². The molecule has 0 aliphatic rings. The molecule has 0 aliphatic heterocycles. The molecule has 16 heavy (non-hydrogen) atoms. The maximum atomic E-state index is 11.5. The first-order valence-corrected chi connectivity index (χ1v) is 5.77. The Morgan fingerprint density at radius 2 is 1.88 bits per heavy atom. The average Bonchev–Trinajstić information content (AvgIpc) is 2.25. The van der Waals surface area contributed by atoms with Gasteiger partial charge in [0.05, 0.1) is 6.42 Å². The summed E-state index contributed by atoms with van der Waals surface area (Å²) in [6.45, 7) is 0. The van der Waals surface area contributed by atoms with E-state index >= 15 is 0 Å². The summed E-state index contributed by atoms with van der Waals surface area (Å²) in [6.07, 6.45) is -1.63. The Hall–Kier alpha value is -0.950. The molecule has 1 aromatic carbocycles. The second-order valence-electron chi connectivity index (χ2n) is 3.28. The van der Waals surface area contributed by atoms with Gasteiger partial charge in [-0.15, -0.1) is 0 Å². The molecule has 0 radical (unpaired) electrons. The first-order valence-electron chi connectivity index (χ1n) is 4.69. The Kier molecular flexibility index (Phi) is 4.88. The number of carboxylic acids is 1. The maximum Gasteiger partial charge on any atom is 0.303 e. The number of hydrogen-bond acceptors (Lipinski definition) is 3. The smallest absolute Gasteiger partial charge is 0.303 e. The van der Waals surface area contributed by atoms with Crippen LogP contribution >= 0.6 is 22.6 Å². The molecule has 1 rings (SSSR count). The molecule has 0 saturated carbocycles. The van der Waals surface area contributed by atoms with Crippen LogP contribution in [-0.2, 0) is 9.59 Å². The monoisotopic (exact) mass is 334 g/mol. The predicted molar refractivity (Wildman–Crippen MR) is 66.0 cm³/mol. The minimum atomic E-state index is -1.23. The fourth-order valence-corrected chi connectivity index (χ4v) is 1.92. The van der Waals surface area contributed by atoms with Crippen LogP contribution in [0.15, 0.2) is 24.3 Å². The van der Waals surface area contributed by atoms with E-state index in [4.69, 9.17) is 5.11 Å². The number of aliphatic carboxylic acids is 1. The predicted octanol–water partition coefficient (Wildman–Crippen LogP) is 1.76. The number of benzene rings is 1. The molecular formula is C11H11IO4. The van der Waals surface area contributed by atoms with Gasteiger partial charge in [-0.05, 0) is 28.7 Å². The molecule has 4 nitrogen and oxygen atoms in total. The number of carboxylic acid groups (broad SMARTS) is 1. The molecule has 0 unspecified atom stereocenters. The quantitative estimate of drug-likeness (QED) is 0.805. The van der Waals surface area contributed by atoms with Gasteiger partial charge < -0.3 is 10.2 Å². The SMILES string of the molecule is O=C(O)CCC(=O)[C@H](O)c1ccccc1I. The fraction of sp³-hybridized carbons (Fsp3) is 0.273. The molecule has 0 aromatic heterocycles. The third-order valence-electron chi connectivity index (χ3n) is 2.09. The zero-order chi connectivity index (χ0) is 12.1. The Morgan fingerprint density at radius 3 is 2.44 bits per heavy atom. The van der Waals surface area contributed by atoms with E-state index in [1.807, 2.05) is 22.6 Å². The zero-order valence-corrected chi connectivity index (χ0v) is 10.5. The summed E-state index contributed by atoms with van der Waals surface area (Å²) >= 11 is 2.02. The first-order chi connectivity index (χ1) is 7.52. The average molecular weight is 334 g/mol. The highest BCUT2D eigenvalue weighted by molar-refractivity contribution is 14.1. The van der Waals surface area contributed by atoms with E-state index in [0.717, 1.165) is 3.57 Å². The van der Waals surface area contributed by atoms with Crippen molar-refractivity contribution in [3.63, 3.8) is 0 Å². The zero-order valence-electron chi connectivity index (χ0n) is 8.39. The topological polar surface area (TPSA) is 74.6 Å². The molecule has 0 fully saturated rings. The van der Waals surface area contributed by atoms with Gasteiger partial charge in [-0.25, -0.2) is 0 Å². The largest absolute Gasteiger partial charge is 0.481 e. The van der Waals surface area contributed by atoms with Gasteiger partial charge in [-0.2, -0.15) is 0 Å². The van der Waals surface area contributed by atoms with Gasteiger partial charge in [0.25, 0.3) is 0 Å². The lowest BCUT2D eigenvalue weighted by atomic mass is 10.0. The Balaban J connectivity index is 2.71. The molecule has 5 heteroatoms. The summed E-state index contributed by atoms with van der Waals surface area (Å²) in [6, 6.07) is 6.97. The van der Waals surface area contributed by atoms with Crippen molar-refractivity contribution in [2.75, 3.05) is 0 Å². The highest BCUT2D eigenvalue weighted by Crippen LogP contribution is 2.21. The summed E-state index contributed by atoms with van der Waals surface area (Å²) < 4.78 is 0.788. The lowest BCUT2D eigenvalue weighted by Gasteiger charge is -2.10. The van der Waals surface area contributed by atoms with Crippen LogP contribution in [0.4, 0.5) is 0 Å². The van der Waals surface area contributed by atoms with Crippen LogP contribution in [0.2, 0.25) is 0 Å². The Bertz CT molecular complexity index is 403. The molecular weight excluding hydrogens is 323 g/mol. The Morgan fingerprint density at radius 1 is 1.25 bits per heavy atom. The van der Waals surface area contributed by atoms with Crippen LogP contribution in [0.5, 0.6) is 0 Å². The molecule has 0 saturated heterocycles. The van der Waals surface area contributed by atoms with Gasteiger partial charge in [-0.1, -0.05) is 18.2 Å². The molecule has 1 aromatic rings. The van der Waals surface area contributed by atoms with Crippen molar-refractivity contribution in [2.24, 2.45) is 0 Å². The highest BCUT2D eigenvalue weighted by atomic mass is 127. The summed E-state index contributed by atoms with van der Waals surface area (Å²) in [5, 5.41) is 18.2. The van der Waals surface area contributed by atoms with Gasteiger partial charge in [-0.3, -0.25) is 9.59 Å². The molecule has 0 amide bonds. The molecule has 0 heterocycles. The fourth-order valence-electron chi connectivity index (χ4n) is 1.24. The minimum Gasteiger partial charge on any atom is -0.481 e. The molecule has 0 aliphatic carbocycles. The van der Waals surface area contributed by atoms with E-state index in [-0.39, 0.29) is 12.8 Å². The van der Waals surface area contributed by atoms with Crippen molar-refractivity contribution < 1.29 is 19.8 Å². The normalized spacial score (nSPS) is 12.1. The van der Waals surface area contributed by atoms with Gasteiger partial charge in [0.1, 0.15) is 6.10 Å². The van der Waals surface area contributed by atoms with Gasteiger partial charge in [0.15, 0.2) is 5.78 Å². The Labute approximate surface area is 106 Å². The van der Waals surface area contributed by atoms with Crippen LogP contribution in [0.25, 0.3) is 0 Å². The summed E-state index contributed by atoms with van der Waals surface area (Å²) in [5.41, 5.74) is 0.526. The number of carbonyl (C=O) groups is 2. The van der Waals surface area contributed by atoms with Crippen molar-refractivity contribution in [3.05, 3.63) is 33.4 Å². The number of rotatable bonds is 5. The van der Waals surface area contributed by atoms with Crippen LogP contribution in [0.3, 0.4) is 0 Å². The van der Waals surface area contributed by atoms with E-state index in [1.54, 1.807) is 24.3 Å². The van der Waals surface area contributed by atoms with E-state index < -0.39 is 17.9 Å². The van der Waals surface area contributed by atoms with Crippen molar-refractivity contribution in [3.8, 4) is 0 Å². The second-order valence-corrected chi connectivity index (χ2v) is 4.45. The van der Waals surface area contributed by atoms with Crippen molar-refractivity contribution in [1.29, 1.82) is 0 Å². The summed E-state index contributed by atoms with van der Waals surface area (Å²) in [7, 11) is 0. The number of carbonyl (C=O) groups excluding carboxylic acids is 1. The molecule has 86 valence electrons. The highest BCUT2D eigenvalue weighted by Gasteiger charge is 2.19. The third kappa shape index (κ3) is 3.57. The number of aliphatic hydroxyl groups is 1. The third-order valence-corrected chi connectivity index (χ3v) is 3.07. The van der Waals surface area contributed by atoms with Crippen LogP contribution in [-0.4, -0.2) is 22.0 Å². The lowest BCUT2D eigenvalue weighted by Crippen LogP contribution is -2.14. The first kappa shape index (κ1) is 13.1. The summed E-state index contributed by atoms with van der Waals surface area (Å²) in [4.78, 5) is 21.8. The van der Waals surface area contributed by atoms with Crippen LogP contribution in [0, 0.1) is 3.57 Å². The van der Waals surface area contributed by atoms with Gasteiger partial charge in [0.2, 0.25) is 0 Å². The molecule has 0 spiro atoms. The van der Waals surface area contributed by atoms with Gasteiger partial charge >= 0.3 is 5.97 Å². The number of hydrogen-bond donors (Lipinski definition) is 2. The van der Waals surface area contributed by atoms with Crippen molar-refractivity contribution in [2.45, 2.75) is 18.9 Å². The standard InChI is InChI=1S/C11H11IO4/c12-8-4-2-1-3-7(8)11(16)9(13)5-6-10(14)15/h1-4,11,16H,5-6H2,(H,14,15)/t11-/m1/s1. The number of Topliss-reactive ketones (excluding diaryl/α,β-unsaturated/α-hetero) is 1.